The van der Waals surface area contributed by atoms with Gasteiger partial charge in [0.1, 0.15) is 0 Å². The zero-order valence-electron chi connectivity index (χ0n) is 13.5. The highest BCUT2D eigenvalue weighted by Gasteiger charge is 2.39. The van der Waals surface area contributed by atoms with Crippen LogP contribution in [-0.2, 0) is 16.1 Å². The van der Waals surface area contributed by atoms with E-state index in [-0.39, 0.29) is 5.91 Å². The minimum atomic E-state index is -0.548. The standard InChI is InChI=1S/C17H24N4O2/c1-2-9-21-14-6-4-3-5-13(14)19-16(21)20-15(22)17(12-18)7-10-23-11-8-17/h3-6H,2,7-12,18H2,1H3,(H,19,20,22). The lowest BCUT2D eigenvalue weighted by atomic mass is 9.79. The van der Waals surface area contributed by atoms with Gasteiger partial charge in [-0.3, -0.25) is 10.1 Å². The molecule has 2 heterocycles. The number of benzene rings is 1. The molecule has 1 saturated heterocycles. The third-order valence-corrected chi connectivity index (χ3v) is 4.65. The Morgan fingerprint density at radius 1 is 1.39 bits per heavy atom. The summed E-state index contributed by atoms with van der Waals surface area (Å²) in [5.74, 6) is 0.563. The van der Waals surface area contributed by atoms with E-state index >= 15 is 0 Å². The molecule has 3 rings (SSSR count). The van der Waals surface area contributed by atoms with Gasteiger partial charge in [0, 0.05) is 26.3 Å². The number of para-hydroxylation sites is 2. The first-order valence-corrected chi connectivity index (χ1v) is 8.25. The van der Waals surface area contributed by atoms with Gasteiger partial charge in [0.2, 0.25) is 11.9 Å². The van der Waals surface area contributed by atoms with Crippen molar-refractivity contribution in [3.05, 3.63) is 24.3 Å². The monoisotopic (exact) mass is 316 g/mol. The van der Waals surface area contributed by atoms with Crippen molar-refractivity contribution in [2.24, 2.45) is 11.1 Å². The average molecular weight is 316 g/mol. The lowest BCUT2D eigenvalue weighted by molar-refractivity contribution is -0.130. The van der Waals surface area contributed by atoms with Gasteiger partial charge in [-0.15, -0.1) is 0 Å². The Bertz CT molecular complexity index is 689. The Balaban J connectivity index is 1.91. The first-order chi connectivity index (χ1) is 11.2. The molecule has 1 aromatic heterocycles. The number of hydrogen-bond donors (Lipinski definition) is 2. The summed E-state index contributed by atoms with van der Waals surface area (Å²) in [5, 5.41) is 3.02. The van der Waals surface area contributed by atoms with Gasteiger partial charge in [-0.2, -0.15) is 0 Å². The average Bonchev–Trinajstić information content (AvgIpc) is 2.93. The van der Waals surface area contributed by atoms with Gasteiger partial charge in [-0.05, 0) is 31.4 Å². The van der Waals surface area contributed by atoms with Crippen molar-refractivity contribution in [3.63, 3.8) is 0 Å². The number of carbonyl (C=O) groups is 1. The molecule has 0 atom stereocenters. The maximum Gasteiger partial charge on any atom is 0.234 e. The second-order valence-electron chi connectivity index (χ2n) is 6.13. The molecule has 0 bridgehead atoms. The molecule has 1 aliphatic heterocycles. The topological polar surface area (TPSA) is 82.2 Å². The number of rotatable bonds is 5. The molecule has 1 fully saturated rings. The number of carbonyl (C=O) groups excluding carboxylic acids is 1. The molecule has 1 aliphatic rings. The van der Waals surface area contributed by atoms with Crippen molar-refractivity contribution in [2.75, 3.05) is 25.1 Å². The van der Waals surface area contributed by atoms with E-state index in [0.717, 1.165) is 24.0 Å². The van der Waals surface area contributed by atoms with Crippen LogP contribution in [0.3, 0.4) is 0 Å². The Morgan fingerprint density at radius 3 is 2.83 bits per heavy atom. The third-order valence-electron chi connectivity index (χ3n) is 4.65. The number of fused-ring (bicyclic) bond motifs is 1. The van der Waals surface area contributed by atoms with Crippen molar-refractivity contribution < 1.29 is 9.53 Å². The van der Waals surface area contributed by atoms with E-state index in [9.17, 15) is 4.79 Å². The van der Waals surface area contributed by atoms with Crippen LogP contribution < -0.4 is 11.1 Å². The molecule has 0 radical (unpaired) electrons. The van der Waals surface area contributed by atoms with Crippen LogP contribution in [0.4, 0.5) is 5.95 Å². The highest BCUT2D eigenvalue weighted by Crippen LogP contribution is 2.31. The molecular weight excluding hydrogens is 292 g/mol. The molecule has 6 nitrogen and oxygen atoms in total. The molecule has 0 spiro atoms. The van der Waals surface area contributed by atoms with Crippen molar-refractivity contribution in [3.8, 4) is 0 Å². The van der Waals surface area contributed by atoms with Crippen LogP contribution in [0.15, 0.2) is 24.3 Å². The molecule has 0 aliphatic carbocycles. The summed E-state index contributed by atoms with van der Waals surface area (Å²) in [6, 6.07) is 7.93. The number of imidazole rings is 1. The number of ether oxygens (including phenoxy) is 1. The first-order valence-electron chi connectivity index (χ1n) is 8.25. The van der Waals surface area contributed by atoms with Gasteiger partial charge in [0.25, 0.3) is 0 Å². The number of amides is 1. The van der Waals surface area contributed by atoms with Crippen LogP contribution in [0.2, 0.25) is 0 Å². The Kier molecular flexibility index (Phi) is 4.63. The maximum absolute atomic E-state index is 12.9. The van der Waals surface area contributed by atoms with Gasteiger partial charge >= 0.3 is 0 Å². The number of anilines is 1. The van der Waals surface area contributed by atoms with Crippen LogP contribution >= 0.6 is 0 Å². The highest BCUT2D eigenvalue weighted by atomic mass is 16.5. The Morgan fingerprint density at radius 2 is 2.13 bits per heavy atom. The van der Waals surface area contributed by atoms with Crippen molar-refractivity contribution in [1.29, 1.82) is 0 Å². The molecule has 1 aromatic carbocycles. The van der Waals surface area contributed by atoms with E-state index in [1.54, 1.807) is 0 Å². The van der Waals surface area contributed by atoms with Crippen molar-refractivity contribution in [2.45, 2.75) is 32.7 Å². The molecule has 0 saturated carbocycles. The summed E-state index contributed by atoms with van der Waals surface area (Å²) in [6.07, 6.45) is 2.28. The van der Waals surface area contributed by atoms with E-state index in [1.165, 1.54) is 0 Å². The van der Waals surface area contributed by atoms with E-state index in [2.05, 4.69) is 21.8 Å². The predicted octanol–water partition coefficient (Wildman–Crippen LogP) is 2.14. The summed E-state index contributed by atoms with van der Waals surface area (Å²) in [6.45, 7) is 4.41. The van der Waals surface area contributed by atoms with E-state index in [4.69, 9.17) is 10.5 Å². The number of aromatic nitrogens is 2. The fourth-order valence-electron chi connectivity index (χ4n) is 3.14. The minimum absolute atomic E-state index is 0.0454. The Hall–Kier alpha value is -1.92. The second-order valence-corrected chi connectivity index (χ2v) is 6.13. The fourth-order valence-corrected chi connectivity index (χ4v) is 3.14. The number of aryl methyl sites for hydroxylation is 1. The largest absolute Gasteiger partial charge is 0.381 e. The van der Waals surface area contributed by atoms with Crippen LogP contribution in [0, 0.1) is 5.41 Å². The van der Waals surface area contributed by atoms with Gasteiger partial charge < -0.3 is 15.0 Å². The SMILES string of the molecule is CCCn1c(NC(=O)C2(CN)CCOCC2)nc2ccccc21. The number of hydrogen-bond acceptors (Lipinski definition) is 4. The van der Waals surface area contributed by atoms with Crippen LogP contribution in [0.1, 0.15) is 26.2 Å². The van der Waals surface area contributed by atoms with Crippen LogP contribution in [0.25, 0.3) is 11.0 Å². The second kappa shape index (κ2) is 6.68. The molecule has 3 N–H and O–H groups in total. The zero-order valence-corrected chi connectivity index (χ0v) is 13.5. The quantitative estimate of drug-likeness (QED) is 0.885. The van der Waals surface area contributed by atoms with Gasteiger partial charge in [0.15, 0.2) is 0 Å². The normalized spacial score (nSPS) is 17.3. The summed E-state index contributed by atoms with van der Waals surface area (Å²) in [5.41, 5.74) is 7.31. The smallest absolute Gasteiger partial charge is 0.234 e. The van der Waals surface area contributed by atoms with E-state index in [0.29, 0.717) is 38.5 Å². The van der Waals surface area contributed by atoms with Gasteiger partial charge in [-0.1, -0.05) is 19.1 Å². The molecule has 23 heavy (non-hydrogen) atoms. The van der Waals surface area contributed by atoms with E-state index in [1.807, 2.05) is 24.3 Å². The van der Waals surface area contributed by atoms with E-state index < -0.39 is 5.41 Å². The molecule has 2 aromatic rings. The summed E-state index contributed by atoms with van der Waals surface area (Å²) < 4.78 is 7.45. The lowest BCUT2D eigenvalue weighted by Crippen LogP contribution is -2.46. The molecule has 124 valence electrons. The predicted molar refractivity (Wildman–Crippen MR) is 90.2 cm³/mol. The summed E-state index contributed by atoms with van der Waals surface area (Å²) in [7, 11) is 0. The molecule has 6 heteroatoms. The number of nitrogens with one attached hydrogen (secondary N) is 1. The van der Waals surface area contributed by atoms with Crippen LogP contribution in [0.5, 0.6) is 0 Å². The minimum Gasteiger partial charge on any atom is -0.381 e. The maximum atomic E-state index is 12.9. The van der Waals surface area contributed by atoms with Crippen molar-refractivity contribution >= 4 is 22.9 Å². The summed E-state index contributed by atoms with van der Waals surface area (Å²) in [4.78, 5) is 17.4. The Labute approximate surface area is 136 Å². The fraction of sp³-hybridized carbons (Fsp3) is 0.529. The summed E-state index contributed by atoms with van der Waals surface area (Å²) >= 11 is 0. The molecular formula is C17H24N4O2. The van der Waals surface area contributed by atoms with Crippen LogP contribution in [-0.4, -0.2) is 35.2 Å². The zero-order chi connectivity index (χ0) is 16.3. The molecule has 0 unspecified atom stereocenters. The number of nitrogens with two attached hydrogens (primary N) is 1. The lowest BCUT2D eigenvalue weighted by Gasteiger charge is -2.34. The molecule has 1 amide bonds. The first kappa shape index (κ1) is 16.0. The van der Waals surface area contributed by atoms with Crippen molar-refractivity contribution in [1.82, 2.24) is 9.55 Å². The van der Waals surface area contributed by atoms with Gasteiger partial charge in [-0.25, -0.2) is 4.98 Å². The highest BCUT2D eigenvalue weighted by molar-refractivity contribution is 5.95. The third kappa shape index (κ3) is 2.96. The number of nitrogens with zero attached hydrogens (tertiary/aromatic N) is 2. The van der Waals surface area contributed by atoms with Gasteiger partial charge in [0.05, 0.1) is 16.4 Å².